The number of rotatable bonds is 3. The highest BCUT2D eigenvalue weighted by Crippen LogP contribution is 2.36. The highest BCUT2D eigenvalue weighted by Gasteiger charge is 2.38. The Hall–Kier alpha value is -1.94. The Kier molecular flexibility index (Phi) is 4.12. The first kappa shape index (κ1) is 16.9. The lowest BCUT2D eigenvalue weighted by molar-refractivity contribution is -0.144. The van der Waals surface area contributed by atoms with Crippen LogP contribution in [0.25, 0.3) is 5.69 Å². The lowest BCUT2D eigenvalue weighted by atomic mass is 10.1. The van der Waals surface area contributed by atoms with Gasteiger partial charge in [-0.3, -0.25) is 0 Å². The van der Waals surface area contributed by atoms with Gasteiger partial charge in [-0.05, 0) is 37.1 Å². The molecular weight excluding hydrogens is 345 g/mol. The van der Waals surface area contributed by atoms with Crippen LogP contribution >= 0.6 is 0 Å². The summed E-state index contributed by atoms with van der Waals surface area (Å²) in [5, 5.41) is 8.61. The minimum absolute atomic E-state index is 0.0912. The van der Waals surface area contributed by atoms with Gasteiger partial charge in [0.25, 0.3) is 5.82 Å². The summed E-state index contributed by atoms with van der Waals surface area (Å²) in [5.41, 5.74) is 0.312. The third-order valence-electron chi connectivity index (χ3n) is 4.02. The van der Waals surface area contributed by atoms with Crippen LogP contribution in [0.15, 0.2) is 29.2 Å². The molecule has 10 heteroatoms. The molecule has 2 N–H and O–H groups in total. The van der Waals surface area contributed by atoms with Crippen molar-refractivity contribution < 1.29 is 21.6 Å². The maximum Gasteiger partial charge on any atom is 0.453 e. The molecule has 0 saturated heterocycles. The normalized spacial score (nSPS) is 16.7. The summed E-state index contributed by atoms with van der Waals surface area (Å²) in [5.74, 6) is -1.03. The van der Waals surface area contributed by atoms with E-state index in [1.165, 1.54) is 24.3 Å². The van der Waals surface area contributed by atoms with Crippen LogP contribution in [0, 0.1) is 0 Å². The predicted molar refractivity (Wildman–Crippen MR) is 78.9 cm³/mol. The van der Waals surface area contributed by atoms with Gasteiger partial charge in [0, 0.05) is 5.92 Å². The molecule has 0 bridgehead atoms. The van der Waals surface area contributed by atoms with Crippen LogP contribution in [0.5, 0.6) is 0 Å². The number of nitrogens with zero attached hydrogens (tertiary/aromatic N) is 3. The van der Waals surface area contributed by atoms with Gasteiger partial charge in [-0.2, -0.15) is 13.2 Å². The van der Waals surface area contributed by atoms with Gasteiger partial charge in [0.1, 0.15) is 5.82 Å². The van der Waals surface area contributed by atoms with Crippen molar-refractivity contribution in [2.75, 3.05) is 0 Å². The number of halogens is 3. The van der Waals surface area contributed by atoms with E-state index >= 15 is 0 Å². The van der Waals surface area contributed by atoms with Gasteiger partial charge >= 0.3 is 6.18 Å². The second-order valence-corrected chi connectivity index (χ2v) is 7.28. The molecule has 1 fully saturated rings. The van der Waals surface area contributed by atoms with Crippen molar-refractivity contribution in [2.24, 2.45) is 5.14 Å². The quantitative estimate of drug-likeness (QED) is 0.911. The largest absolute Gasteiger partial charge is 0.453 e. The molecule has 1 aromatic carbocycles. The zero-order chi connectivity index (χ0) is 17.5. The van der Waals surface area contributed by atoms with Crippen molar-refractivity contribution in [3.8, 4) is 5.69 Å². The van der Waals surface area contributed by atoms with E-state index in [2.05, 4.69) is 10.1 Å². The molecule has 1 aromatic heterocycles. The molecule has 2 aromatic rings. The van der Waals surface area contributed by atoms with E-state index in [4.69, 9.17) is 5.14 Å². The summed E-state index contributed by atoms with van der Waals surface area (Å²) in [6, 6.07) is 5.20. The fourth-order valence-corrected chi connectivity index (χ4v) is 3.37. The van der Waals surface area contributed by atoms with Crippen LogP contribution in [0.3, 0.4) is 0 Å². The molecule has 3 rings (SSSR count). The van der Waals surface area contributed by atoms with Crippen molar-refractivity contribution in [3.05, 3.63) is 35.9 Å². The molecule has 0 aliphatic heterocycles. The first-order valence-corrected chi connectivity index (χ1v) is 8.88. The Morgan fingerprint density at radius 2 is 1.71 bits per heavy atom. The molecule has 1 aliphatic carbocycles. The maximum absolute atomic E-state index is 13.0. The van der Waals surface area contributed by atoms with E-state index in [0.29, 0.717) is 5.69 Å². The van der Waals surface area contributed by atoms with E-state index in [1.54, 1.807) is 0 Å². The summed E-state index contributed by atoms with van der Waals surface area (Å²) in [4.78, 5) is 3.57. The molecule has 1 saturated carbocycles. The molecule has 6 nitrogen and oxygen atoms in total. The topological polar surface area (TPSA) is 90.9 Å². The molecule has 24 heavy (non-hydrogen) atoms. The van der Waals surface area contributed by atoms with Gasteiger partial charge in [-0.25, -0.2) is 23.2 Å². The van der Waals surface area contributed by atoms with Gasteiger partial charge in [-0.15, -0.1) is 5.10 Å². The number of nitrogens with two attached hydrogens (primary N) is 1. The number of aromatic nitrogens is 3. The van der Waals surface area contributed by atoms with Gasteiger partial charge in [0.05, 0.1) is 10.6 Å². The summed E-state index contributed by atoms with van der Waals surface area (Å²) in [6.45, 7) is 0. The SMILES string of the molecule is NS(=O)(=O)c1ccc(-n2nc(C(F)(F)F)nc2C2CCCC2)cc1. The second-order valence-electron chi connectivity index (χ2n) is 5.72. The molecule has 0 spiro atoms. The van der Waals surface area contributed by atoms with E-state index in [0.717, 1.165) is 30.4 Å². The Morgan fingerprint density at radius 1 is 1.12 bits per heavy atom. The summed E-state index contributed by atoms with van der Waals surface area (Å²) >= 11 is 0. The monoisotopic (exact) mass is 360 g/mol. The minimum Gasteiger partial charge on any atom is -0.225 e. The van der Waals surface area contributed by atoms with E-state index < -0.39 is 22.0 Å². The zero-order valence-electron chi connectivity index (χ0n) is 12.5. The third-order valence-corrected chi connectivity index (χ3v) is 4.95. The van der Waals surface area contributed by atoms with Gasteiger partial charge in [-0.1, -0.05) is 12.8 Å². The van der Waals surface area contributed by atoms with Gasteiger partial charge in [0.15, 0.2) is 0 Å². The average molecular weight is 360 g/mol. The highest BCUT2D eigenvalue weighted by molar-refractivity contribution is 7.89. The van der Waals surface area contributed by atoms with E-state index in [-0.39, 0.29) is 16.6 Å². The van der Waals surface area contributed by atoms with Crippen molar-refractivity contribution in [1.82, 2.24) is 14.8 Å². The van der Waals surface area contributed by atoms with E-state index in [1.807, 2.05) is 0 Å². The van der Waals surface area contributed by atoms with Crippen LogP contribution in [0.4, 0.5) is 13.2 Å². The number of hydrogen-bond acceptors (Lipinski definition) is 4. The maximum atomic E-state index is 13.0. The molecule has 1 aliphatic rings. The smallest absolute Gasteiger partial charge is 0.225 e. The fourth-order valence-electron chi connectivity index (χ4n) is 2.86. The summed E-state index contributed by atoms with van der Waals surface area (Å²) in [6.07, 6.45) is -1.26. The zero-order valence-corrected chi connectivity index (χ0v) is 13.3. The fraction of sp³-hybridized carbons (Fsp3) is 0.429. The first-order chi connectivity index (χ1) is 11.2. The standard InChI is InChI=1S/C14H15F3N4O2S/c15-14(16,17)13-19-12(9-3-1-2-4-9)21(20-13)10-5-7-11(8-6-10)24(18,22)23/h5-9H,1-4H2,(H2,18,22,23). The molecule has 0 radical (unpaired) electrons. The first-order valence-electron chi connectivity index (χ1n) is 7.33. The second kappa shape index (κ2) is 5.85. The number of alkyl halides is 3. The van der Waals surface area contributed by atoms with Gasteiger partial charge < -0.3 is 0 Å². The lowest BCUT2D eigenvalue weighted by Crippen LogP contribution is -2.12. The van der Waals surface area contributed by atoms with Crippen molar-refractivity contribution >= 4 is 10.0 Å². The van der Waals surface area contributed by atoms with Crippen LogP contribution in [0.2, 0.25) is 0 Å². The van der Waals surface area contributed by atoms with Crippen LogP contribution in [-0.4, -0.2) is 23.2 Å². The average Bonchev–Trinajstić information content (AvgIpc) is 3.15. The summed E-state index contributed by atoms with van der Waals surface area (Å²) in [7, 11) is -3.87. The Labute approximate surface area is 136 Å². The van der Waals surface area contributed by atoms with E-state index in [9.17, 15) is 21.6 Å². The number of benzene rings is 1. The molecule has 0 atom stereocenters. The molecule has 0 unspecified atom stereocenters. The number of primary sulfonamides is 1. The summed E-state index contributed by atoms with van der Waals surface area (Å²) < 4.78 is 62.6. The lowest BCUT2D eigenvalue weighted by Gasteiger charge is -2.11. The van der Waals surface area contributed by atoms with Crippen molar-refractivity contribution in [2.45, 2.75) is 42.7 Å². The molecule has 130 valence electrons. The van der Waals surface area contributed by atoms with Crippen molar-refractivity contribution in [3.63, 3.8) is 0 Å². The van der Waals surface area contributed by atoms with Crippen LogP contribution in [-0.2, 0) is 16.2 Å². The van der Waals surface area contributed by atoms with Crippen molar-refractivity contribution in [1.29, 1.82) is 0 Å². The van der Waals surface area contributed by atoms with Gasteiger partial charge in [0.2, 0.25) is 10.0 Å². The Balaban J connectivity index is 2.07. The number of sulfonamides is 1. The third kappa shape index (κ3) is 3.29. The molecular formula is C14H15F3N4O2S. The molecule has 1 heterocycles. The van der Waals surface area contributed by atoms with Crippen LogP contribution < -0.4 is 5.14 Å². The van der Waals surface area contributed by atoms with Crippen LogP contribution in [0.1, 0.15) is 43.3 Å². The molecule has 0 amide bonds. The Morgan fingerprint density at radius 3 is 2.21 bits per heavy atom. The number of hydrogen-bond donors (Lipinski definition) is 1. The predicted octanol–water partition coefficient (Wildman–Crippen LogP) is 2.59. The highest BCUT2D eigenvalue weighted by atomic mass is 32.2. The minimum atomic E-state index is -4.64. The Bertz CT molecular complexity index is 838.